The van der Waals surface area contributed by atoms with Crippen molar-refractivity contribution in [2.24, 2.45) is 5.92 Å². The number of anilines is 1. The summed E-state index contributed by atoms with van der Waals surface area (Å²) in [6.45, 7) is 2.93. The molecule has 2 saturated heterocycles. The molecule has 2 heterocycles. The van der Waals surface area contributed by atoms with Gasteiger partial charge in [-0.05, 0) is 41.8 Å². The lowest BCUT2D eigenvalue weighted by Gasteiger charge is -2.29. The van der Waals surface area contributed by atoms with Crippen molar-refractivity contribution in [2.75, 3.05) is 18.8 Å². The van der Waals surface area contributed by atoms with Gasteiger partial charge in [0.1, 0.15) is 5.92 Å². The Balaban J connectivity index is 1.50. The molecule has 3 atom stereocenters. The number of carbonyl (C=O) groups is 2. The second kappa shape index (κ2) is 10.4. The molecule has 2 fully saturated rings. The van der Waals surface area contributed by atoms with Crippen LogP contribution in [0.25, 0.3) is 0 Å². The Kier molecular flexibility index (Phi) is 6.91. The van der Waals surface area contributed by atoms with Crippen LogP contribution in [-0.2, 0) is 21.0 Å². The summed E-state index contributed by atoms with van der Waals surface area (Å²) >= 11 is 0. The van der Waals surface area contributed by atoms with Gasteiger partial charge in [0.25, 0.3) is 5.91 Å². The molecule has 2 aliphatic rings. The molecule has 0 aromatic heterocycles. The van der Waals surface area contributed by atoms with Gasteiger partial charge in [0.05, 0.1) is 32.0 Å². The summed E-state index contributed by atoms with van der Waals surface area (Å²) in [6.07, 6.45) is 1.09. The van der Waals surface area contributed by atoms with Crippen LogP contribution < -0.4 is 14.5 Å². The van der Waals surface area contributed by atoms with Gasteiger partial charge in [-0.3, -0.25) is 19.3 Å². The van der Waals surface area contributed by atoms with Crippen LogP contribution in [0.15, 0.2) is 78.9 Å². The summed E-state index contributed by atoms with van der Waals surface area (Å²) in [7, 11) is 1.60. The molecule has 0 N–H and O–H groups in total. The largest absolute Gasteiger partial charge is 0.493 e. The number of carbonyl (C=O) groups excluding carboxylic acids is 2. The fourth-order valence-corrected chi connectivity index (χ4v) is 4.85. The number of rotatable bonds is 9. The average Bonchev–Trinajstić information content (AvgIpc) is 3.42. The normalized spacial score (nSPS) is 21.1. The Morgan fingerprint density at radius 1 is 0.889 bits per heavy atom. The Morgan fingerprint density at radius 3 is 2.31 bits per heavy atom. The minimum atomic E-state index is -0.891. The number of hydroxylamine groups is 1. The number of hydrogen-bond acceptors (Lipinski definition) is 6. The van der Waals surface area contributed by atoms with Crippen LogP contribution in [0.5, 0.6) is 11.5 Å². The zero-order valence-corrected chi connectivity index (χ0v) is 20.5. The summed E-state index contributed by atoms with van der Waals surface area (Å²) in [6, 6.07) is 24.2. The van der Waals surface area contributed by atoms with Crippen molar-refractivity contribution < 1.29 is 23.9 Å². The number of amides is 2. The number of unbranched alkanes of at least 4 members (excludes halogenated alkanes) is 1. The van der Waals surface area contributed by atoms with Crippen molar-refractivity contribution in [1.82, 2.24) is 4.90 Å². The van der Waals surface area contributed by atoms with Crippen LogP contribution in [0.2, 0.25) is 0 Å². The number of likely N-dealkylation sites (tertiary alicyclic amines) is 1. The number of methoxy groups -OCH3 is 1. The van der Waals surface area contributed by atoms with Crippen LogP contribution in [0.4, 0.5) is 5.69 Å². The standard InChI is InChI=1S/C29H30N2O5/c1-3-4-17-35-23-16-15-21(18-24(23)34-2)26-25-27(36-31(26)22-13-9-6-10-14-22)29(33)30(28(25)32)19-20-11-7-5-8-12-20/h5-16,18,25-27H,3-4,17,19H2,1-2H3/t25-,26+,27+/m1/s1. The molecule has 7 heteroatoms. The molecule has 3 aromatic carbocycles. The summed E-state index contributed by atoms with van der Waals surface area (Å²) < 4.78 is 11.5. The topological polar surface area (TPSA) is 68.3 Å². The van der Waals surface area contributed by atoms with Crippen LogP contribution in [0, 0.1) is 5.92 Å². The maximum absolute atomic E-state index is 13.7. The van der Waals surface area contributed by atoms with Gasteiger partial charge in [0.2, 0.25) is 5.91 Å². The number of ether oxygens (including phenoxy) is 2. The lowest BCUT2D eigenvalue weighted by atomic mass is 9.90. The molecule has 0 radical (unpaired) electrons. The average molecular weight is 487 g/mol. The van der Waals surface area contributed by atoms with Gasteiger partial charge in [0, 0.05) is 0 Å². The predicted octanol–water partition coefficient (Wildman–Crippen LogP) is 4.92. The minimum Gasteiger partial charge on any atom is -0.493 e. The molecule has 0 spiro atoms. The van der Waals surface area contributed by atoms with Crippen LogP contribution in [0.3, 0.4) is 0 Å². The van der Waals surface area contributed by atoms with Gasteiger partial charge < -0.3 is 9.47 Å². The SMILES string of the molecule is CCCCOc1ccc([C@H]2[C@H]3C(=O)N(Cc4ccccc4)C(=O)[C@H]3ON2c2ccccc2)cc1OC. The van der Waals surface area contributed by atoms with E-state index in [1.54, 1.807) is 12.2 Å². The van der Waals surface area contributed by atoms with Gasteiger partial charge in [-0.25, -0.2) is 5.06 Å². The first-order valence-corrected chi connectivity index (χ1v) is 12.3. The molecule has 0 saturated carbocycles. The van der Waals surface area contributed by atoms with Crippen molar-refractivity contribution >= 4 is 17.5 Å². The van der Waals surface area contributed by atoms with Crippen molar-refractivity contribution in [3.05, 3.63) is 90.0 Å². The minimum absolute atomic E-state index is 0.223. The van der Waals surface area contributed by atoms with E-state index in [4.69, 9.17) is 14.3 Å². The molecule has 0 bridgehead atoms. The van der Waals surface area contributed by atoms with Gasteiger partial charge in [0.15, 0.2) is 17.6 Å². The van der Waals surface area contributed by atoms with E-state index in [9.17, 15) is 9.59 Å². The summed E-state index contributed by atoms with van der Waals surface area (Å²) in [4.78, 5) is 34.6. The van der Waals surface area contributed by atoms with Gasteiger partial charge >= 0.3 is 0 Å². The number of imide groups is 1. The maximum Gasteiger partial charge on any atom is 0.262 e. The highest BCUT2D eigenvalue weighted by atomic mass is 16.7. The molecule has 2 aliphatic heterocycles. The first-order chi connectivity index (χ1) is 17.6. The van der Waals surface area contributed by atoms with Crippen molar-refractivity contribution in [3.8, 4) is 11.5 Å². The van der Waals surface area contributed by atoms with Crippen molar-refractivity contribution in [2.45, 2.75) is 38.5 Å². The summed E-state index contributed by atoms with van der Waals surface area (Å²) in [5.74, 6) is -0.00444. The van der Waals surface area contributed by atoms with E-state index < -0.39 is 18.1 Å². The fourth-order valence-electron chi connectivity index (χ4n) is 4.85. The highest BCUT2D eigenvalue weighted by molar-refractivity contribution is 6.07. The third-order valence-electron chi connectivity index (χ3n) is 6.69. The smallest absolute Gasteiger partial charge is 0.262 e. The third-order valence-corrected chi connectivity index (χ3v) is 6.69. The molecule has 2 amide bonds. The molecule has 7 nitrogen and oxygen atoms in total. The number of fused-ring (bicyclic) bond motifs is 1. The second-order valence-electron chi connectivity index (χ2n) is 9.02. The highest BCUT2D eigenvalue weighted by Crippen LogP contribution is 2.48. The molecule has 0 aliphatic carbocycles. The molecule has 0 unspecified atom stereocenters. The first kappa shape index (κ1) is 23.9. The van der Waals surface area contributed by atoms with Gasteiger partial charge in [-0.1, -0.05) is 67.9 Å². The van der Waals surface area contributed by atoms with Crippen LogP contribution >= 0.6 is 0 Å². The van der Waals surface area contributed by atoms with E-state index in [0.717, 1.165) is 29.7 Å². The number of nitrogens with zero attached hydrogens (tertiary/aromatic N) is 2. The molecule has 186 valence electrons. The second-order valence-corrected chi connectivity index (χ2v) is 9.02. The van der Waals surface area contributed by atoms with Crippen molar-refractivity contribution in [3.63, 3.8) is 0 Å². The van der Waals surface area contributed by atoms with Crippen molar-refractivity contribution in [1.29, 1.82) is 0 Å². The van der Waals surface area contributed by atoms with E-state index in [1.165, 1.54) is 4.90 Å². The first-order valence-electron chi connectivity index (χ1n) is 12.3. The third kappa shape index (κ3) is 4.42. The Hall–Kier alpha value is -3.84. The maximum atomic E-state index is 13.7. The predicted molar refractivity (Wildman–Crippen MR) is 135 cm³/mol. The highest BCUT2D eigenvalue weighted by Gasteiger charge is 2.59. The quantitative estimate of drug-likeness (QED) is 0.316. The summed E-state index contributed by atoms with van der Waals surface area (Å²) in [5, 5.41) is 1.69. The molecule has 3 aromatic rings. The van der Waals surface area contributed by atoms with E-state index in [0.29, 0.717) is 18.1 Å². The fraction of sp³-hybridized carbons (Fsp3) is 0.310. The summed E-state index contributed by atoms with van der Waals surface area (Å²) in [5.41, 5.74) is 2.48. The zero-order chi connectivity index (χ0) is 25.1. The molecular weight excluding hydrogens is 456 g/mol. The van der Waals surface area contributed by atoms with E-state index in [1.807, 2.05) is 78.9 Å². The van der Waals surface area contributed by atoms with Crippen LogP contribution in [-0.4, -0.2) is 36.5 Å². The lowest BCUT2D eigenvalue weighted by molar-refractivity contribution is -0.143. The van der Waals surface area contributed by atoms with E-state index >= 15 is 0 Å². The zero-order valence-electron chi connectivity index (χ0n) is 20.5. The number of para-hydroxylation sites is 1. The Morgan fingerprint density at radius 2 is 1.61 bits per heavy atom. The van der Waals surface area contributed by atoms with E-state index in [2.05, 4.69) is 6.92 Å². The molecule has 36 heavy (non-hydrogen) atoms. The van der Waals surface area contributed by atoms with Crippen LogP contribution in [0.1, 0.15) is 36.9 Å². The Labute approximate surface area is 211 Å². The Bertz CT molecular complexity index is 1220. The molecular formula is C29H30N2O5. The van der Waals surface area contributed by atoms with Gasteiger partial charge in [-0.2, -0.15) is 0 Å². The van der Waals surface area contributed by atoms with E-state index in [-0.39, 0.29) is 18.4 Å². The number of benzene rings is 3. The molecule has 5 rings (SSSR count). The van der Waals surface area contributed by atoms with Gasteiger partial charge in [-0.15, -0.1) is 0 Å². The lowest BCUT2D eigenvalue weighted by Crippen LogP contribution is -2.36. The monoisotopic (exact) mass is 486 g/mol. The number of hydrogen-bond donors (Lipinski definition) is 0.